The van der Waals surface area contributed by atoms with Gasteiger partial charge in [-0.2, -0.15) is 0 Å². The van der Waals surface area contributed by atoms with E-state index in [1.165, 1.54) is 36.3 Å². The lowest BCUT2D eigenvalue weighted by molar-refractivity contribution is -0.384. The Kier molecular flexibility index (Phi) is 6.22. The topological polar surface area (TPSA) is 125 Å². The molecule has 1 aliphatic rings. The smallest absolute Gasteiger partial charge is 0.411 e. The average molecular weight is 394 g/mol. The predicted octanol–water partition coefficient (Wildman–Crippen LogP) is 2.30. The largest absolute Gasteiger partial charge is 0.467 e. The van der Waals surface area contributed by atoms with Gasteiger partial charge in [0, 0.05) is 18.6 Å². The maximum Gasteiger partial charge on any atom is 0.411 e. The lowest BCUT2D eigenvalue weighted by Gasteiger charge is -2.27. The second-order valence-electron chi connectivity index (χ2n) is 7.24. The van der Waals surface area contributed by atoms with Crippen molar-refractivity contribution in [3.63, 3.8) is 0 Å². The molecule has 2 rings (SSSR count). The van der Waals surface area contributed by atoms with Crippen LogP contribution in [0.25, 0.3) is 0 Å². The van der Waals surface area contributed by atoms with Crippen molar-refractivity contribution in [3.05, 3.63) is 39.9 Å². The van der Waals surface area contributed by atoms with Crippen LogP contribution in [0, 0.1) is 10.1 Å². The Labute approximate surface area is 161 Å². The fourth-order valence-electron chi connectivity index (χ4n) is 2.70. The molecule has 0 aliphatic carbocycles. The average Bonchev–Trinajstić information content (AvgIpc) is 3.03. The number of likely N-dealkylation sites (tertiary alicyclic amines) is 1. The summed E-state index contributed by atoms with van der Waals surface area (Å²) < 4.78 is 15.4. The molecule has 1 saturated heterocycles. The first-order valence-electron chi connectivity index (χ1n) is 8.54. The minimum absolute atomic E-state index is 0.0343. The van der Waals surface area contributed by atoms with Gasteiger partial charge in [0.1, 0.15) is 17.7 Å². The van der Waals surface area contributed by atoms with E-state index in [1.54, 1.807) is 20.8 Å². The van der Waals surface area contributed by atoms with Crippen LogP contribution in [0.15, 0.2) is 24.3 Å². The molecule has 10 nitrogen and oxygen atoms in total. The van der Waals surface area contributed by atoms with Crippen molar-refractivity contribution in [2.75, 3.05) is 13.7 Å². The van der Waals surface area contributed by atoms with Gasteiger partial charge in [0.2, 0.25) is 0 Å². The highest BCUT2D eigenvalue weighted by molar-refractivity contribution is 5.90. The van der Waals surface area contributed by atoms with Gasteiger partial charge in [0.25, 0.3) is 5.69 Å². The van der Waals surface area contributed by atoms with Gasteiger partial charge in [-0.3, -0.25) is 15.0 Å². The summed E-state index contributed by atoms with van der Waals surface area (Å²) in [6.45, 7) is 5.05. The molecule has 1 heterocycles. The quantitative estimate of drug-likeness (QED) is 0.330. The van der Waals surface area contributed by atoms with Gasteiger partial charge in [0.15, 0.2) is 0 Å². The van der Waals surface area contributed by atoms with E-state index >= 15 is 0 Å². The molecule has 1 aromatic carbocycles. The van der Waals surface area contributed by atoms with E-state index in [-0.39, 0.29) is 24.2 Å². The molecule has 0 aromatic heterocycles. The molecule has 0 N–H and O–H groups in total. The van der Waals surface area contributed by atoms with Gasteiger partial charge in [0.05, 0.1) is 24.1 Å². The van der Waals surface area contributed by atoms with Crippen molar-refractivity contribution < 1.29 is 33.5 Å². The number of nitrogens with zero attached hydrogens (tertiary/aromatic N) is 2. The molecule has 1 fully saturated rings. The van der Waals surface area contributed by atoms with E-state index in [0.29, 0.717) is 0 Å². The predicted molar refractivity (Wildman–Crippen MR) is 95.7 cm³/mol. The van der Waals surface area contributed by atoms with E-state index in [0.717, 1.165) is 0 Å². The zero-order valence-electron chi connectivity index (χ0n) is 16.0. The summed E-state index contributed by atoms with van der Waals surface area (Å²) >= 11 is 0. The summed E-state index contributed by atoms with van der Waals surface area (Å²) in [6, 6.07) is 4.00. The van der Waals surface area contributed by atoms with Crippen LogP contribution in [0.2, 0.25) is 0 Å². The van der Waals surface area contributed by atoms with Gasteiger partial charge in [-0.25, -0.2) is 14.4 Å². The third kappa shape index (κ3) is 5.18. The van der Waals surface area contributed by atoms with Gasteiger partial charge in [-0.05, 0) is 32.9 Å². The molecule has 0 bridgehead atoms. The standard InChI is InChI=1S/C18H22N2O8/c1-18(2,3)28-17(23)19-10-13(9-14(19)16(22)26-4)27-15(21)11-5-7-12(8-6-11)20(24)25/h5-8,13-14H,9-10H2,1-4H3. The minimum atomic E-state index is -0.936. The summed E-state index contributed by atoms with van der Waals surface area (Å²) in [6.07, 6.45) is -1.40. The van der Waals surface area contributed by atoms with Gasteiger partial charge < -0.3 is 14.2 Å². The first-order chi connectivity index (χ1) is 13.0. The van der Waals surface area contributed by atoms with Crippen molar-refractivity contribution in [2.45, 2.75) is 44.9 Å². The van der Waals surface area contributed by atoms with E-state index in [2.05, 4.69) is 0 Å². The first-order valence-corrected chi connectivity index (χ1v) is 8.54. The maximum atomic E-state index is 12.4. The van der Waals surface area contributed by atoms with Crippen LogP contribution >= 0.6 is 0 Å². The number of hydrogen-bond acceptors (Lipinski definition) is 8. The van der Waals surface area contributed by atoms with E-state index in [4.69, 9.17) is 14.2 Å². The number of esters is 2. The number of hydrogen-bond donors (Lipinski definition) is 0. The van der Waals surface area contributed by atoms with Crippen LogP contribution in [-0.4, -0.2) is 59.3 Å². The van der Waals surface area contributed by atoms with Crippen molar-refractivity contribution in [3.8, 4) is 0 Å². The van der Waals surface area contributed by atoms with Crippen molar-refractivity contribution in [2.24, 2.45) is 0 Å². The fraction of sp³-hybridized carbons (Fsp3) is 0.500. The Morgan fingerprint density at radius 2 is 1.79 bits per heavy atom. The Bertz CT molecular complexity index is 769. The maximum absolute atomic E-state index is 12.4. The lowest BCUT2D eigenvalue weighted by Crippen LogP contribution is -2.44. The zero-order valence-corrected chi connectivity index (χ0v) is 16.0. The Hall–Kier alpha value is -3.17. The van der Waals surface area contributed by atoms with Crippen LogP contribution in [0.3, 0.4) is 0 Å². The van der Waals surface area contributed by atoms with E-state index in [9.17, 15) is 24.5 Å². The number of ether oxygens (including phenoxy) is 3. The highest BCUT2D eigenvalue weighted by Gasteiger charge is 2.43. The highest BCUT2D eigenvalue weighted by Crippen LogP contribution is 2.25. The van der Waals surface area contributed by atoms with Crippen molar-refractivity contribution >= 4 is 23.7 Å². The lowest BCUT2D eigenvalue weighted by atomic mass is 10.2. The van der Waals surface area contributed by atoms with Crippen LogP contribution in [0.4, 0.5) is 10.5 Å². The van der Waals surface area contributed by atoms with E-state index in [1.807, 2.05) is 0 Å². The molecule has 28 heavy (non-hydrogen) atoms. The van der Waals surface area contributed by atoms with Gasteiger partial charge in [-0.15, -0.1) is 0 Å². The normalized spacial score (nSPS) is 19.1. The summed E-state index contributed by atoms with van der Waals surface area (Å²) in [5.74, 6) is -1.35. The summed E-state index contributed by atoms with van der Waals surface area (Å²) in [5, 5.41) is 10.7. The molecule has 1 aromatic rings. The second kappa shape index (κ2) is 8.24. The monoisotopic (exact) mass is 394 g/mol. The highest BCUT2D eigenvalue weighted by atomic mass is 16.6. The van der Waals surface area contributed by atoms with Crippen molar-refractivity contribution in [1.29, 1.82) is 0 Å². The molecule has 2 unspecified atom stereocenters. The number of nitro groups is 1. The Morgan fingerprint density at radius 1 is 1.18 bits per heavy atom. The molecular weight excluding hydrogens is 372 g/mol. The molecule has 1 amide bonds. The number of rotatable bonds is 4. The van der Waals surface area contributed by atoms with Crippen LogP contribution in [-0.2, 0) is 19.0 Å². The number of methoxy groups -OCH3 is 1. The molecule has 0 radical (unpaired) electrons. The molecule has 0 spiro atoms. The Morgan fingerprint density at radius 3 is 2.29 bits per heavy atom. The molecular formula is C18H22N2O8. The summed E-state index contributed by atoms with van der Waals surface area (Å²) in [7, 11) is 1.20. The Balaban J connectivity index is 2.09. The van der Waals surface area contributed by atoms with Crippen LogP contribution in [0.5, 0.6) is 0 Å². The number of amides is 1. The number of carbonyl (C=O) groups is 3. The molecule has 1 aliphatic heterocycles. The number of carbonyl (C=O) groups excluding carboxylic acids is 3. The SMILES string of the molecule is COC(=O)C1CC(OC(=O)c2ccc([N+](=O)[O-])cc2)CN1C(=O)OC(C)(C)C. The fourth-order valence-corrected chi connectivity index (χ4v) is 2.70. The number of non-ortho nitro benzene ring substituents is 1. The minimum Gasteiger partial charge on any atom is -0.467 e. The molecule has 152 valence electrons. The van der Waals surface area contributed by atoms with Crippen LogP contribution in [0.1, 0.15) is 37.6 Å². The number of benzene rings is 1. The molecule has 0 saturated carbocycles. The third-order valence-corrected chi connectivity index (χ3v) is 3.95. The first kappa shape index (κ1) is 21.1. The molecule has 10 heteroatoms. The summed E-state index contributed by atoms with van der Waals surface area (Å²) in [5.41, 5.74) is -0.791. The van der Waals surface area contributed by atoms with Crippen LogP contribution < -0.4 is 0 Å². The third-order valence-electron chi connectivity index (χ3n) is 3.95. The zero-order chi connectivity index (χ0) is 21.1. The number of nitro benzene ring substituents is 1. The van der Waals surface area contributed by atoms with Gasteiger partial charge in [-0.1, -0.05) is 0 Å². The van der Waals surface area contributed by atoms with Gasteiger partial charge >= 0.3 is 18.0 Å². The van der Waals surface area contributed by atoms with Crippen molar-refractivity contribution in [1.82, 2.24) is 4.90 Å². The second-order valence-corrected chi connectivity index (χ2v) is 7.24. The summed E-state index contributed by atoms with van der Waals surface area (Å²) in [4.78, 5) is 48.0. The van der Waals surface area contributed by atoms with E-state index < -0.39 is 40.7 Å². The molecule has 2 atom stereocenters.